The van der Waals surface area contributed by atoms with Crippen LogP contribution in [0.15, 0.2) is 54.6 Å². The van der Waals surface area contributed by atoms with E-state index in [9.17, 15) is 0 Å². The van der Waals surface area contributed by atoms with Crippen LogP contribution < -0.4 is 0 Å². The minimum atomic E-state index is 0.974. The highest BCUT2D eigenvalue weighted by Gasteiger charge is 2.21. The van der Waals surface area contributed by atoms with Crippen LogP contribution in [0.3, 0.4) is 0 Å². The smallest absolute Gasteiger partial charge is 0.104 e. The minimum Gasteiger partial charge on any atom is -0.321 e. The molecule has 2 rings (SSSR count). The number of hydrogen-bond donors (Lipinski definition) is 0. The highest BCUT2D eigenvalue weighted by atomic mass is 15.3. The highest BCUT2D eigenvalue weighted by Crippen LogP contribution is 2.18. The Bertz CT molecular complexity index is 617. The fourth-order valence-corrected chi connectivity index (χ4v) is 3.77. The third kappa shape index (κ3) is 5.69. The minimum absolute atomic E-state index is 0.974. The van der Waals surface area contributed by atoms with Crippen molar-refractivity contribution in [3.63, 3.8) is 0 Å². The molecular formula is C23H36N2+2. The molecule has 0 fully saturated rings. The second-order valence-electron chi connectivity index (χ2n) is 8.00. The van der Waals surface area contributed by atoms with Gasteiger partial charge in [-0.25, -0.2) is 0 Å². The van der Waals surface area contributed by atoms with Gasteiger partial charge in [0.15, 0.2) is 0 Å². The molecule has 0 unspecified atom stereocenters. The summed E-state index contributed by atoms with van der Waals surface area (Å²) < 4.78 is 2.15. The number of hydrogen-bond acceptors (Lipinski definition) is 0. The van der Waals surface area contributed by atoms with Crippen molar-refractivity contribution < 1.29 is 8.97 Å². The maximum absolute atomic E-state index is 2.34. The third-order valence-electron chi connectivity index (χ3n) is 5.62. The first-order valence-electron chi connectivity index (χ1n) is 9.71. The summed E-state index contributed by atoms with van der Waals surface area (Å²) in [7, 11) is 4.63. The van der Waals surface area contributed by atoms with Crippen LogP contribution in [-0.4, -0.2) is 42.7 Å². The van der Waals surface area contributed by atoms with Gasteiger partial charge in [0.1, 0.15) is 19.6 Å². The van der Waals surface area contributed by atoms with E-state index in [1.54, 1.807) is 0 Å². The van der Waals surface area contributed by atoms with Gasteiger partial charge >= 0.3 is 0 Å². The van der Waals surface area contributed by atoms with Gasteiger partial charge in [0, 0.05) is 16.7 Å². The summed E-state index contributed by atoms with van der Waals surface area (Å²) in [6.07, 6.45) is 0. The molecule has 2 aromatic rings. The lowest BCUT2D eigenvalue weighted by molar-refractivity contribution is -0.936. The van der Waals surface area contributed by atoms with Gasteiger partial charge in [-0.05, 0) is 20.8 Å². The first kappa shape index (κ1) is 19.7. The van der Waals surface area contributed by atoms with E-state index in [-0.39, 0.29) is 0 Å². The summed E-state index contributed by atoms with van der Waals surface area (Å²) in [6.45, 7) is 13.8. The van der Waals surface area contributed by atoms with E-state index in [1.807, 2.05) is 0 Å². The fraction of sp³-hybridized carbons (Fsp3) is 0.478. The lowest BCUT2D eigenvalue weighted by atomic mass is 10.1. The van der Waals surface area contributed by atoms with Gasteiger partial charge in [0.25, 0.3) is 0 Å². The summed E-state index contributed by atoms with van der Waals surface area (Å²) in [5, 5.41) is 0. The van der Waals surface area contributed by atoms with E-state index >= 15 is 0 Å². The number of benzene rings is 2. The van der Waals surface area contributed by atoms with E-state index in [0.29, 0.717) is 0 Å². The molecule has 2 nitrogen and oxygen atoms in total. The molecule has 2 heteroatoms. The monoisotopic (exact) mass is 340 g/mol. The summed E-state index contributed by atoms with van der Waals surface area (Å²) in [5.41, 5.74) is 4.29. The van der Waals surface area contributed by atoms with Crippen molar-refractivity contribution in [1.29, 1.82) is 0 Å². The molecule has 0 spiro atoms. The van der Waals surface area contributed by atoms with Crippen molar-refractivity contribution >= 4 is 0 Å². The van der Waals surface area contributed by atoms with E-state index < -0.39 is 0 Å². The van der Waals surface area contributed by atoms with Gasteiger partial charge in [0.05, 0.1) is 33.7 Å². The molecule has 0 amide bonds. The molecular weight excluding hydrogens is 304 g/mol. The van der Waals surface area contributed by atoms with Crippen molar-refractivity contribution in [2.75, 3.05) is 33.7 Å². The Kier molecular flexibility index (Phi) is 6.80. The standard InChI is InChI=1S/C23H36N2/c1-6-25(7-2,8-3)20-23-16-14-22(15-17-23)19-24(4,5)18-21-12-10-9-11-13-21/h9-17H,6-8,18-20H2,1-5H3/q+2. The van der Waals surface area contributed by atoms with E-state index in [4.69, 9.17) is 0 Å². The van der Waals surface area contributed by atoms with E-state index in [2.05, 4.69) is 89.5 Å². The Morgan fingerprint density at radius 3 is 1.40 bits per heavy atom. The summed E-state index contributed by atoms with van der Waals surface area (Å²) >= 11 is 0. The van der Waals surface area contributed by atoms with Gasteiger partial charge in [-0.1, -0.05) is 54.6 Å². The zero-order chi connectivity index (χ0) is 18.3. The van der Waals surface area contributed by atoms with Crippen LogP contribution in [0.5, 0.6) is 0 Å². The second kappa shape index (κ2) is 8.64. The molecule has 0 atom stereocenters. The first-order chi connectivity index (χ1) is 11.9. The molecule has 136 valence electrons. The summed E-state index contributed by atoms with van der Waals surface area (Å²) in [5.74, 6) is 0. The van der Waals surface area contributed by atoms with Crippen molar-refractivity contribution in [2.24, 2.45) is 0 Å². The summed E-state index contributed by atoms with van der Waals surface area (Å²) in [6, 6.07) is 20.1. The predicted molar refractivity (Wildman–Crippen MR) is 108 cm³/mol. The molecule has 0 aromatic heterocycles. The molecule has 2 aromatic carbocycles. The molecule has 0 saturated heterocycles. The van der Waals surface area contributed by atoms with Gasteiger partial charge in [0.2, 0.25) is 0 Å². The van der Waals surface area contributed by atoms with Gasteiger partial charge in [-0.2, -0.15) is 0 Å². The van der Waals surface area contributed by atoms with Crippen LogP contribution >= 0.6 is 0 Å². The van der Waals surface area contributed by atoms with Crippen molar-refractivity contribution in [3.05, 3.63) is 71.3 Å². The van der Waals surface area contributed by atoms with Crippen LogP contribution in [0, 0.1) is 0 Å². The normalized spacial score (nSPS) is 12.4. The average Bonchev–Trinajstić information content (AvgIpc) is 2.61. The van der Waals surface area contributed by atoms with Gasteiger partial charge in [-0.3, -0.25) is 0 Å². The third-order valence-corrected chi connectivity index (χ3v) is 5.62. The second-order valence-corrected chi connectivity index (χ2v) is 8.00. The SMILES string of the molecule is CC[N+](CC)(CC)Cc1ccc(C[N+](C)(C)Cc2ccccc2)cc1. The molecule has 0 bridgehead atoms. The lowest BCUT2D eigenvalue weighted by Gasteiger charge is -2.36. The zero-order valence-electron chi connectivity index (χ0n) is 16.8. The lowest BCUT2D eigenvalue weighted by Crippen LogP contribution is -2.46. The summed E-state index contributed by atoms with van der Waals surface area (Å²) in [4.78, 5) is 0. The maximum Gasteiger partial charge on any atom is 0.104 e. The molecule has 0 aliphatic heterocycles. The topological polar surface area (TPSA) is 0 Å². The van der Waals surface area contributed by atoms with Crippen molar-refractivity contribution in [3.8, 4) is 0 Å². The van der Waals surface area contributed by atoms with Crippen LogP contribution in [-0.2, 0) is 19.6 Å². The molecule has 0 radical (unpaired) electrons. The van der Waals surface area contributed by atoms with Crippen LogP contribution in [0.1, 0.15) is 37.5 Å². The zero-order valence-corrected chi connectivity index (χ0v) is 16.8. The van der Waals surface area contributed by atoms with Crippen LogP contribution in [0.25, 0.3) is 0 Å². The van der Waals surface area contributed by atoms with E-state index in [0.717, 1.165) is 24.1 Å². The Morgan fingerprint density at radius 1 is 0.560 bits per heavy atom. The quantitative estimate of drug-likeness (QED) is 0.573. The predicted octanol–water partition coefficient (Wildman–Crippen LogP) is 4.84. The van der Waals surface area contributed by atoms with Gasteiger partial charge < -0.3 is 8.97 Å². The van der Waals surface area contributed by atoms with Gasteiger partial charge in [-0.15, -0.1) is 0 Å². The Hall–Kier alpha value is -1.64. The largest absolute Gasteiger partial charge is 0.321 e. The molecule has 0 saturated carbocycles. The Morgan fingerprint density at radius 2 is 0.960 bits per heavy atom. The highest BCUT2D eigenvalue weighted by molar-refractivity contribution is 5.21. The first-order valence-corrected chi connectivity index (χ1v) is 9.71. The Balaban J connectivity index is 2.02. The van der Waals surface area contributed by atoms with Crippen LogP contribution in [0.2, 0.25) is 0 Å². The molecule has 0 aliphatic rings. The molecule has 0 N–H and O–H groups in total. The number of rotatable bonds is 9. The fourth-order valence-electron chi connectivity index (χ4n) is 3.77. The number of nitrogens with zero attached hydrogens (tertiary/aromatic N) is 2. The average molecular weight is 341 g/mol. The molecule has 0 aliphatic carbocycles. The number of quaternary nitrogens is 2. The molecule has 0 heterocycles. The van der Waals surface area contributed by atoms with E-state index in [1.165, 1.54) is 40.8 Å². The molecule has 25 heavy (non-hydrogen) atoms. The maximum atomic E-state index is 2.34. The van der Waals surface area contributed by atoms with Crippen LogP contribution in [0.4, 0.5) is 0 Å². The van der Waals surface area contributed by atoms with Crippen molar-refractivity contribution in [2.45, 2.75) is 40.4 Å². The van der Waals surface area contributed by atoms with Crippen molar-refractivity contribution in [1.82, 2.24) is 0 Å². The Labute approximate surface area is 154 Å².